The van der Waals surface area contributed by atoms with E-state index in [0.717, 1.165) is 34.0 Å². The van der Waals surface area contributed by atoms with E-state index < -0.39 is 11.7 Å². The highest BCUT2D eigenvalue weighted by atomic mass is 79.9. The number of nitriles is 1. The van der Waals surface area contributed by atoms with Crippen LogP contribution in [0.2, 0.25) is 5.28 Å². The molecular weight excluding hydrogens is 498 g/mol. The molecule has 0 bridgehead atoms. The Kier molecular flexibility index (Phi) is 6.37. The summed E-state index contributed by atoms with van der Waals surface area (Å²) in [4.78, 5) is 25.4. The Bertz CT molecular complexity index is 1100. The molecule has 1 aromatic carbocycles. The Labute approximate surface area is 200 Å². The molecule has 0 N–H and O–H groups in total. The van der Waals surface area contributed by atoms with Crippen molar-refractivity contribution in [2.45, 2.75) is 51.7 Å². The summed E-state index contributed by atoms with van der Waals surface area (Å²) >= 11 is 9.92. The molecule has 0 aliphatic carbocycles. The highest BCUT2D eigenvalue weighted by Gasteiger charge is 2.35. The van der Waals surface area contributed by atoms with E-state index in [0.29, 0.717) is 37.6 Å². The number of ether oxygens (including phenoxy) is 2. The van der Waals surface area contributed by atoms with Crippen molar-refractivity contribution in [1.29, 1.82) is 5.26 Å². The number of benzene rings is 1. The van der Waals surface area contributed by atoms with E-state index in [1.54, 1.807) is 4.90 Å². The van der Waals surface area contributed by atoms with Crippen molar-refractivity contribution in [1.82, 2.24) is 14.9 Å². The lowest BCUT2D eigenvalue weighted by atomic mass is 10.0. The van der Waals surface area contributed by atoms with Gasteiger partial charge in [0.05, 0.1) is 36.0 Å². The first-order chi connectivity index (χ1) is 15.2. The molecule has 0 spiro atoms. The second-order valence-corrected chi connectivity index (χ2v) is 10.2. The van der Waals surface area contributed by atoms with E-state index >= 15 is 0 Å². The lowest BCUT2D eigenvalue weighted by molar-refractivity contribution is 0.0145. The van der Waals surface area contributed by atoms with Crippen molar-refractivity contribution in [2.75, 3.05) is 31.1 Å². The average Bonchev–Trinajstić information content (AvgIpc) is 2.72. The number of halogens is 2. The van der Waals surface area contributed by atoms with Crippen LogP contribution in [0.25, 0.3) is 10.9 Å². The van der Waals surface area contributed by atoms with Crippen molar-refractivity contribution >= 4 is 50.3 Å². The van der Waals surface area contributed by atoms with Gasteiger partial charge in [0, 0.05) is 29.7 Å². The highest BCUT2D eigenvalue weighted by Crippen LogP contribution is 2.42. The number of aromatic nitrogens is 2. The third-order valence-corrected chi connectivity index (χ3v) is 6.37. The van der Waals surface area contributed by atoms with Gasteiger partial charge in [0.15, 0.2) is 0 Å². The largest absolute Gasteiger partial charge is 0.492 e. The summed E-state index contributed by atoms with van der Waals surface area (Å²) in [6.45, 7) is 7.48. The van der Waals surface area contributed by atoms with E-state index in [1.807, 2.05) is 26.8 Å². The predicted octanol–water partition coefficient (Wildman–Crippen LogP) is 4.71. The lowest BCUT2D eigenvalue weighted by Crippen LogP contribution is -2.56. The molecule has 1 fully saturated rings. The number of carbonyl (C=O) groups is 1. The van der Waals surface area contributed by atoms with E-state index in [2.05, 4.69) is 36.9 Å². The van der Waals surface area contributed by atoms with Crippen LogP contribution in [0.15, 0.2) is 10.5 Å². The number of hydrogen-bond donors (Lipinski definition) is 0. The molecule has 3 heterocycles. The molecule has 2 aliphatic heterocycles. The van der Waals surface area contributed by atoms with Gasteiger partial charge in [0.2, 0.25) is 5.28 Å². The van der Waals surface area contributed by atoms with Crippen LogP contribution in [0.4, 0.5) is 10.6 Å². The molecule has 8 nitrogen and oxygen atoms in total. The summed E-state index contributed by atoms with van der Waals surface area (Å²) in [5.41, 5.74) is 1.18. The maximum atomic E-state index is 12.7. The van der Waals surface area contributed by atoms with Gasteiger partial charge in [-0.15, -0.1) is 0 Å². The van der Waals surface area contributed by atoms with Crippen LogP contribution in [-0.4, -0.2) is 58.8 Å². The first-order valence-electron chi connectivity index (χ1n) is 10.6. The fourth-order valence-electron chi connectivity index (χ4n) is 4.16. The second-order valence-electron chi connectivity index (χ2n) is 8.96. The van der Waals surface area contributed by atoms with Gasteiger partial charge in [0.1, 0.15) is 17.2 Å². The van der Waals surface area contributed by atoms with Gasteiger partial charge in [-0.05, 0) is 51.3 Å². The van der Waals surface area contributed by atoms with Gasteiger partial charge in [-0.25, -0.2) is 9.78 Å². The van der Waals surface area contributed by atoms with Gasteiger partial charge < -0.3 is 19.3 Å². The maximum absolute atomic E-state index is 12.7. The Morgan fingerprint density at radius 1 is 1.41 bits per heavy atom. The summed E-state index contributed by atoms with van der Waals surface area (Å²) in [5, 5.41) is 10.3. The Morgan fingerprint density at radius 2 is 2.19 bits per heavy atom. The van der Waals surface area contributed by atoms with E-state index in [4.69, 9.17) is 21.1 Å². The molecule has 0 saturated carbocycles. The summed E-state index contributed by atoms with van der Waals surface area (Å²) in [7, 11) is 0. The molecule has 2 aliphatic rings. The summed E-state index contributed by atoms with van der Waals surface area (Å²) in [6, 6.07) is 3.81. The Balaban J connectivity index is 1.72. The quantitative estimate of drug-likeness (QED) is 0.527. The van der Waals surface area contributed by atoms with E-state index in [-0.39, 0.29) is 17.7 Å². The zero-order valence-electron chi connectivity index (χ0n) is 18.3. The van der Waals surface area contributed by atoms with Gasteiger partial charge in [-0.2, -0.15) is 10.2 Å². The minimum atomic E-state index is -0.606. The number of fused-ring (bicyclic) bond motifs is 3. The van der Waals surface area contributed by atoms with Crippen molar-refractivity contribution in [3.8, 4) is 11.8 Å². The lowest BCUT2D eigenvalue weighted by Gasteiger charge is -2.41. The van der Waals surface area contributed by atoms with Crippen LogP contribution in [0.3, 0.4) is 0 Å². The third kappa shape index (κ3) is 4.57. The first kappa shape index (κ1) is 22.9. The van der Waals surface area contributed by atoms with Crippen LogP contribution in [0, 0.1) is 11.3 Å². The molecule has 2 aromatic rings. The average molecular weight is 523 g/mol. The van der Waals surface area contributed by atoms with Crippen LogP contribution >= 0.6 is 27.5 Å². The minimum absolute atomic E-state index is 0.140. The molecule has 4 rings (SSSR count). The Hall–Kier alpha value is -2.31. The Morgan fingerprint density at radius 3 is 2.91 bits per heavy atom. The molecule has 32 heavy (non-hydrogen) atoms. The van der Waals surface area contributed by atoms with Gasteiger partial charge >= 0.3 is 6.09 Å². The number of rotatable bonds is 2. The number of nitrogens with zero attached hydrogens (tertiary/aromatic N) is 5. The molecule has 0 unspecified atom stereocenters. The maximum Gasteiger partial charge on any atom is 0.410 e. The molecule has 1 aromatic heterocycles. The molecular formula is C22H25BrClN5O3. The standard InChI is InChI=1S/C22H25BrClN5O3/c1-22(2,3)32-21(30)29-9-8-28(12-13(29)6-7-25)19-17-16(26-20(24)27-19)11-15(23)14-5-4-10-31-18(14)17/h11,13H,4-6,8-10,12H2,1-3H3/t13-/m0/s1. The normalized spacial score (nSPS) is 18.7. The molecule has 1 saturated heterocycles. The molecule has 1 atom stereocenters. The van der Waals surface area contributed by atoms with Gasteiger partial charge in [-0.1, -0.05) is 15.9 Å². The van der Waals surface area contributed by atoms with Crippen LogP contribution in [0.5, 0.6) is 5.75 Å². The molecule has 10 heteroatoms. The zero-order chi connectivity index (χ0) is 23.0. The summed E-state index contributed by atoms with van der Waals surface area (Å²) in [6.07, 6.45) is 1.62. The predicted molar refractivity (Wildman–Crippen MR) is 125 cm³/mol. The molecule has 1 amide bonds. The summed E-state index contributed by atoms with van der Waals surface area (Å²) in [5.74, 6) is 1.44. The SMILES string of the molecule is CC(C)(C)OC(=O)N1CCN(c2nc(Cl)nc3cc(Br)c4c(c23)OCCC4)C[C@@H]1CC#N. The monoisotopic (exact) mass is 521 g/mol. The number of amides is 1. The third-order valence-electron chi connectivity index (χ3n) is 5.50. The van der Waals surface area contributed by atoms with Crippen LogP contribution < -0.4 is 9.64 Å². The fraction of sp³-hybridized carbons (Fsp3) is 0.545. The number of anilines is 1. The van der Waals surface area contributed by atoms with Crippen molar-refractivity contribution in [3.63, 3.8) is 0 Å². The van der Waals surface area contributed by atoms with Crippen molar-refractivity contribution in [3.05, 3.63) is 21.4 Å². The van der Waals surface area contributed by atoms with E-state index in [9.17, 15) is 10.1 Å². The minimum Gasteiger partial charge on any atom is -0.492 e. The highest BCUT2D eigenvalue weighted by molar-refractivity contribution is 9.10. The summed E-state index contributed by atoms with van der Waals surface area (Å²) < 4.78 is 12.6. The number of hydrogen-bond acceptors (Lipinski definition) is 7. The van der Waals surface area contributed by atoms with Gasteiger partial charge in [0.25, 0.3) is 0 Å². The number of carbonyl (C=O) groups excluding carboxylic acids is 1. The topological polar surface area (TPSA) is 91.6 Å². The number of piperazine rings is 1. The first-order valence-corrected chi connectivity index (χ1v) is 11.8. The molecule has 0 radical (unpaired) electrons. The smallest absolute Gasteiger partial charge is 0.410 e. The zero-order valence-corrected chi connectivity index (χ0v) is 20.7. The van der Waals surface area contributed by atoms with Crippen molar-refractivity contribution < 1.29 is 14.3 Å². The molecule has 170 valence electrons. The van der Waals surface area contributed by atoms with Crippen molar-refractivity contribution in [2.24, 2.45) is 0 Å². The van der Waals surface area contributed by atoms with Crippen LogP contribution in [-0.2, 0) is 11.2 Å². The van der Waals surface area contributed by atoms with Gasteiger partial charge in [-0.3, -0.25) is 0 Å². The van der Waals surface area contributed by atoms with E-state index in [1.165, 1.54) is 0 Å². The second kappa shape index (κ2) is 8.91. The fourth-order valence-corrected chi connectivity index (χ4v) is 4.93. The van der Waals surface area contributed by atoms with Crippen LogP contribution in [0.1, 0.15) is 39.2 Å².